The van der Waals surface area contributed by atoms with Gasteiger partial charge in [0.1, 0.15) is 11.5 Å². The summed E-state index contributed by atoms with van der Waals surface area (Å²) in [5.74, 6) is -0.0723. The van der Waals surface area contributed by atoms with E-state index in [4.69, 9.17) is 10.8 Å². The number of H-pyrrole nitrogens is 1. The molecule has 1 atom stereocenters. The molecular weight excluding hydrogens is 282 g/mol. The van der Waals surface area contributed by atoms with Crippen LogP contribution in [0.5, 0.6) is 0 Å². The maximum absolute atomic E-state index is 12.0. The van der Waals surface area contributed by atoms with Gasteiger partial charge in [0.2, 0.25) is 5.95 Å². The van der Waals surface area contributed by atoms with Crippen molar-refractivity contribution in [3.05, 3.63) is 15.9 Å². The fraction of sp³-hybridized carbons (Fsp3) is 0.364. The van der Waals surface area contributed by atoms with Crippen molar-refractivity contribution in [3.8, 4) is 6.07 Å². The number of hydrogen-bond donors (Lipinski definition) is 4. The minimum Gasteiger partial charge on any atom is -0.394 e. The highest BCUT2D eigenvalue weighted by molar-refractivity contribution is 7.98. The SMILES string of the molecule is CSc1c(C#N)c2c(=O)[nH]c(N)nc2n1CC(O)CO. The first-order valence-electron chi connectivity index (χ1n) is 5.68. The summed E-state index contributed by atoms with van der Waals surface area (Å²) in [6.07, 6.45) is 0.722. The van der Waals surface area contributed by atoms with E-state index in [1.807, 2.05) is 6.07 Å². The third-order valence-electron chi connectivity index (χ3n) is 2.79. The van der Waals surface area contributed by atoms with Gasteiger partial charge in [0.15, 0.2) is 5.65 Å². The van der Waals surface area contributed by atoms with Gasteiger partial charge in [-0.15, -0.1) is 11.8 Å². The Balaban J connectivity index is 2.84. The zero-order valence-electron chi connectivity index (χ0n) is 10.6. The van der Waals surface area contributed by atoms with Gasteiger partial charge in [0.25, 0.3) is 5.56 Å². The maximum atomic E-state index is 12.0. The van der Waals surface area contributed by atoms with Crippen LogP contribution in [0.1, 0.15) is 5.56 Å². The molecule has 0 aliphatic heterocycles. The first-order valence-corrected chi connectivity index (χ1v) is 6.91. The third-order valence-corrected chi connectivity index (χ3v) is 3.60. The molecule has 0 amide bonds. The summed E-state index contributed by atoms with van der Waals surface area (Å²) in [5, 5.41) is 28.4. The van der Waals surface area contributed by atoms with Gasteiger partial charge in [-0.1, -0.05) is 0 Å². The molecule has 0 aliphatic rings. The molecule has 0 radical (unpaired) electrons. The molecule has 0 aliphatic carbocycles. The van der Waals surface area contributed by atoms with E-state index in [9.17, 15) is 15.2 Å². The van der Waals surface area contributed by atoms with Gasteiger partial charge < -0.3 is 20.5 Å². The lowest BCUT2D eigenvalue weighted by Gasteiger charge is -2.12. The van der Waals surface area contributed by atoms with E-state index < -0.39 is 18.3 Å². The summed E-state index contributed by atoms with van der Waals surface area (Å²) in [5.41, 5.74) is 5.42. The number of anilines is 1. The summed E-state index contributed by atoms with van der Waals surface area (Å²) >= 11 is 1.25. The molecule has 0 saturated carbocycles. The van der Waals surface area contributed by atoms with E-state index >= 15 is 0 Å². The highest BCUT2D eigenvalue weighted by Crippen LogP contribution is 2.29. The number of hydrogen-bond acceptors (Lipinski definition) is 7. The van der Waals surface area contributed by atoms with Crippen molar-refractivity contribution in [3.63, 3.8) is 0 Å². The molecule has 20 heavy (non-hydrogen) atoms. The summed E-state index contributed by atoms with van der Waals surface area (Å²) < 4.78 is 1.52. The van der Waals surface area contributed by atoms with Crippen molar-refractivity contribution >= 4 is 28.7 Å². The van der Waals surface area contributed by atoms with E-state index in [-0.39, 0.29) is 29.1 Å². The van der Waals surface area contributed by atoms with E-state index in [2.05, 4.69) is 9.97 Å². The number of nitrogens with two attached hydrogens (primary N) is 1. The highest BCUT2D eigenvalue weighted by Gasteiger charge is 2.22. The summed E-state index contributed by atoms with van der Waals surface area (Å²) in [4.78, 5) is 18.3. The third kappa shape index (κ3) is 2.24. The van der Waals surface area contributed by atoms with Gasteiger partial charge in [-0.3, -0.25) is 9.78 Å². The Morgan fingerprint density at radius 2 is 2.35 bits per heavy atom. The molecule has 2 aromatic heterocycles. The molecule has 9 heteroatoms. The lowest BCUT2D eigenvalue weighted by atomic mass is 10.3. The van der Waals surface area contributed by atoms with Crippen molar-refractivity contribution < 1.29 is 10.2 Å². The van der Waals surface area contributed by atoms with E-state index in [0.29, 0.717) is 5.03 Å². The Kier molecular flexibility index (Phi) is 3.99. The van der Waals surface area contributed by atoms with Gasteiger partial charge in [-0.25, -0.2) is 0 Å². The van der Waals surface area contributed by atoms with Gasteiger partial charge in [0, 0.05) is 0 Å². The Morgan fingerprint density at radius 1 is 1.65 bits per heavy atom. The van der Waals surface area contributed by atoms with Crippen LogP contribution < -0.4 is 11.3 Å². The van der Waals surface area contributed by atoms with Gasteiger partial charge in [0.05, 0.1) is 29.8 Å². The second-order valence-corrected chi connectivity index (χ2v) is 4.89. The van der Waals surface area contributed by atoms with E-state index in [1.165, 1.54) is 16.3 Å². The quantitative estimate of drug-likeness (QED) is 0.544. The Bertz CT molecular complexity index is 745. The lowest BCUT2D eigenvalue weighted by Crippen LogP contribution is -2.21. The van der Waals surface area contributed by atoms with Crippen LogP contribution in [0.4, 0.5) is 5.95 Å². The van der Waals surface area contributed by atoms with Crippen LogP contribution >= 0.6 is 11.8 Å². The van der Waals surface area contributed by atoms with Crippen LogP contribution in [0.25, 0.3) is 11.0 Å². The normalized spacial score (nSPS) is 12.5. The van der Waals surface area contributed by atoms with Crippen LogP contribution in [-0.4, -0.2) is 43.7 Å². The molecule has 0 bridgehead atoms. The number of aliphatic hydroxyl groups excluding tert-OH is 2. The number of aliphatic hydroxyl groups is 2. The molecule has 8 nitrogen and oxygen atoms in total. The number of aromatic nitrogens is 3. The molecule has 2 aromatic rings. The molecule has 1 unspecified atom stereocenters. The first kappa shape index (κ1) is 14.4. The average molecular weight is 295 g/mol. The molecule has 2 rings (SSSR count). The summed E-state index contributed by atoms with van der Waals surface area (Å²) in [6.45, 7) is -0.422. The molecular formula is C11H13N5O3S. The van der Waals surface area contributed by atoms with Crippen molar-refractivity contribution in [2.75, 3.05) is 18.6 Å². The van der Waals surface area contributed by atoms with Gasteiger partial charge >= 0.3 is 0 Å². The van der Waals surface area contributed by atoms with Crippen LogP contribution in [0.2, 0.25) is 0 Å². The van der Waals surface area contributed by atoms with Crippen LogP contribution in [0.15, 0.2) is 9.82 Å². The molecule has 0 spiro atoms. The van der Waals surface area contributed by atoms with Crippen molar-refractivity contribution in [2.24, 2.45) is 0 Å². The monoisotopic (exact) mass is 295 g/mol. The number of nitrogens with zero attached hydrogens (tertiary/aromatic N) is 3. The van der Waals surface area contributed by atoms with Gasteiger partial charge in [-0.05, 0) is 6.26 Å². The predicted molar refractivity (Wildman–Crippen MR) is 74.4 cm³/mol. The molecule has 5 N–H and O–H groups in total. The van der Waals surface area contributed by atoms with E-state index in [1.54, 1.807) is 6.26 Å². The standard InChI is InChI=1S/C11H13N5O3S/c1-20-10-6(2-12)7-8(14-11(13)15-9(7)19)16(10)3-5(18)4-17/h5,17-18H,3-4H2,1H3,(H3,13,14,15,19). The molecule has 0 saturated heterocycles. The molecule has 2 heterocycles. The maximum Gasteiger partial charge on any atom is 0.263 e. The zero-order valence-corrected chi connectivity index (χ0v) is 11.4. The fourth-order valence-corrected chi connectivity index (χ4v) is 2.72. The highest BCUT2D eigenvalue weighted by atomic mass is 32.2. The Labute approximate surface area is 117 Å². The predicted octanol–water partition coefficient (Wildman–Crippen LogP) is -0.746. The largest absolute Gasteiger partial charge is 0.394 e. The summed E-state index contributed by atoms with van der Waals surface area (Å²) in [7, 11) is 0. The number of fused-ring (bicyclic) bond motifs is 1. The molecule has 106 valence electrons. The van der Waals surface area contributed by atoms with Gasteiger partial charge in [-0.2, -0.15) is 10.2 Å². The van der Waals surface area contributed by atoms with Crippen molar-refractivity contribution in [1.29, 1.82) is 5.26 Å². The van der Waals surface area contributed by atoms with Crippen LogP contribution in [0, 0.1) is 11.3 Å². The lowest BCUT2D eigenvalue weighted by molar-refractivity contribution is 0.0804. The van der Waals surface area contributed by atoms with Crippen molar-refractivity contribution in [1.82, 2.24) is 14.5 Å². The topological polar surface area (TPSA) is 141 Å². The van der Waals surface area contributed by atoms with Crippen molar-refractivity contribution in [2.45, 2.75) is 17.7 Å². The number of thioether (sulfide) groups is 1. The minimum absolute atomic E-state index is 0.0146. The minimum atomic E-state index is -1.02. The number of rotatable bonds is 4. The number of aromatic amines is 1. The van der Waals surface area contributed by atoms with Crippen LogP contribution in [0.3, 0.4) is 0 Å². The molecule has 0 fully saturated rings. The second-order valence-electron chi connectivity index (χ2n) is 4.09. The fourth-order valence-electron chi connectivity index (χ4n) is 1.99. The van der Waals surface area contributed by atoms with E-state index in [0.717, 1.165) is 0 Å². The zero-order chi connectivity index (χ0) is 14.9. The first-order chi connectivity index (χ1) is 9.53. The average Bonchev–Trinajstić information content (AvgIpc) is 2.71. The molecule has 0 aromatic carbocycles. The summed E-state index contributed by atoms with van der Waals surface area (Å²) in [6, 6.07) is 1.97. The number of nitriles is 1. The Morgan fingerprint density at radius 3 is 2.90 bits per heavy atom. The van der Waals surface area contributed by atoms with Crippen LogP contribution in [-0.2, 0) is 6.54 Å². The Hall–Kier alpha value is -2.02. The smallest absolute Gasteiger partial charge is 0.263 e. The second kappa shape index (κ2) is 5.54. The number of nitrogens with one attached hydrogen (secondary N) is 1. The number of nitrogen functional groups attached to an aromatic ring is 1.